The molecule has 0 aromatic heterocycles. The van der Waals surface area contributed by atoms with Gasteiger partial charge in [0.15, 0.2) is 0 Å². The van der Waals surface area contributed by atoms with Gasteiger partial charge in [-0.3, -0.25) is 0 Å². The van der Waals surface area contributed by atoms with Crippen LogP contribution in [0.2, 0.25) is 0 Å². The van der Waals surface area contributed by atoms with Gasteiger partial charge in [-0.15, -0.1) is 0 Å². The van der Waals surface area contributed by atoms with Gasteiger partial charge in [0.05, 0.1) is 6.61 Å². The summed E-state index contributed by atoms with van der Waals surface area (Å²) < 4.78 is 6.47. The van der Waals surface area contributed by atoms with Gasteiger partial charge >= 0.3 is 0 Å². The summed E-state index contributed by atoms with van der Waals surface area (Å²) in [6, 6.07) is 8.23. The Bertz CT molecular complexity index is 260. The molecule has 3 heteroatoms. The van der Waals surface area contributed by atoms with E-state index in [0.29, 0.717) is 19.1 Å². The van der Waals surface area contributed by atoms with Crippen LogP contribution in [-0.2, 0) is 4.74 Å². The second-order valence-corrected chi connectivity index (χ2v) is 4.06. The Balaban J connectivity index is 2.64. The molecule has 1 rings (SSSR count). The highest BCUT2D eigenvalue weighted by Crippen LogP contribution is 2.18. The Morgan fingerprint density at radius 3 is 2.50 bits per heavy atom. The van der Waals surface area contributed by atoms with Gasteiger partial charge in [-0.2, -0.15) is 0 Å². The van der Waals surface area contributed by atoms with Crippen LogP contribution < -0.4 is 5.73 Å². The minimum atomic E-state index is 0.308. The van der Waals surface area contributed by atoms with E-state index in [9.17, 15) is 0 Å². The molecule has 0 aliphatic heterocycles. The molecule has 0 radical (unpaired) electrons. The summed E-state index contributed by atoms with van der Waals surface area (Å²) in [6.45, 7) is 4.07. The van der Waals surface area contributed by atoms with E-state index in [1.807, 2.05) is 19.1 Å². The molecule has 1 aromatic carbocycles. The zero-order valence-corrected chi connectivity index (χ0v) is 9.96. The fourth-order valence-corrected chi connectivity index (χ4v) is 1.56. The van der Waals surface area contributed by atoms with Crippen LogP contribution in [0.4, 0.5) is 0 Å². The fourth-order valence-electron chi connectivity index (χ4n) is 1.30. The lowest BCUT2D eigenvalue weighted by Crippen LogP contribution is -2.17. The van der Waals surface area contributed by atoms with E-state index in [1.54, 1.807) is 0 Å². The zero-order chi connectivity index (χ0) is 10.4. The van der Waals surface area contributed by atoms with E-state index in [1.165, 1.54) is 5.56 Å². The Morgan fingerprint density at radius 1 is 1.36 bits per heavy atom. The van der Waals surface area contributed by atoms with Crippen molar-refractivity contribution in [2.45, 2.75) is 12.8 Å². The first-order valence-corrected chi connectivity index (χ1v) is 5.60. The van der Waals surface area contributed by atoms with E-state index in [-0.39, 0.29) is 0 Å². The first-order valence-electron chi connectivity index (χ1n) is 4.81. The molecule has 0 amide bonds. The van der Waals surface area contributed by atoms with Crippen molar-refractivity contribution < 1.29 is 4.74 Å². The third-order valence-corrected chi connectivity index (χ3v) is 2.68. The average Bonchev–Trinajstić information content (AvgIpc) is 2.21. The third-order valence-electron chi connectivity index (χ3n) is 2.15. The maximum Gasteiger partial charge on any atom is 0.0546 e. The highest BCUT2D eigenvalue weighted by molar-refractivity contribution is 9.10. The van der Waals surface area contributed by atoms with Gasteiger partial charge in [0, 0.05) is 23.5 Å². The van der Waals surface area contributed by atoms with Crippen LogP contribution >= 0.6 is 15.9 Å². The summed E-state index contributed by atoms with van der Waals surface area (Å²) in [4.78, 5) is 0. The molecule has 0 fully saturated rings. The van der Waals surface area contributed by atoms with Crippen molar-refractivity contribution in [3.8, 4) is 0 Å². The summed E-state index contributed by atoms with van der Waals surface area (Å²) in [5.41, 5.74) is 6.93. The Hall–Kier alpha value is -0.380. The number of rotatable bonds is 5. The van der Waals surface area contributed by atoms with Crippen molar-refractivity contribution in [2.24, 2.45) is 5.73 Å². The molecule has 1 aromatic rings. The molecule has 0 heterocycles. The highest BCUT2D eigenvalue weighted by Gasteiger charge is 2.08. The highest BCUT2D eigenvalue weighted by atomic mass is 79.9. The molecule has 2 N–H and O–H groups in total. The van der Waals surface area contributed by atoms with E-state index in [4.69, 9.17) is 10.5 Å². The van der Waals surface area contributed by atoms with Gasteiger partial charge in [0.25, 0.3) is 0 Å². The molecule has 0 aliphatic carbocycles. The maximum atomic E-state index is 5.69. The first-order chi connectivity index (χ1) is 6.77. The van der Waals surface area contributed by atoms with Gasteiger partial charge in [-0.1, -0.05) is 28.1 Å². The molecule has 14 heavy (non-hydrogen) atoms. The quantitative estimate of drug-likeness (QED) is 0.880. The molecule has 0 aliphatic rings. The van der Waals surface area contributed by atoms with Crippen LogP contribution in [-0.4, -0.2) is 19.8 Å². The van der Waals surface area contributed by atoms with Crippen molar-refractivity contribution in [3.05, 3.63) is 34.3 Å². The smallest absolute Gasteiger partial charge is 0.0546 e. The van der Waals surface area contributed by atoms with Gasteiger partial charge in [0.1, 0.15) is 0 Å². The van der Waals surface area contributed by atoms with Crippen molar-refractivity contribution in [1.82, 2.24) is 0 Å². The fraction of sp³-hybridized carbons (Fsp3) is 0.455. The standard InChI is InChI=1S/C11H16BrNO/c1-2-14-8-10(7-13)9-3-5-11(12)6-4-9/h3-6,10H,2,7-8,13H2,1H3. The lowest BCUT2D eigenvalue weighted by Gasteiger charge is -2.14. The van der Waals surface area contributed by atoms with E-state index < -0.39 is 0 Å². The first kappa shape index (κ1) is 11.7. The molecule has 0 saturated carbocycles. The van der Waals surface area contributed by atoms with Crippen LogP contribution in [0.3, 0.4) is 0 Å². The van der Waals surface area contributed by atoms with E-state index in [0.717, 1.165) is 11.1 Å². The van der Waals surface area contributed by atoms with E-state index >= 15 is 0 Å². The molecular formula is C11H16BrNO. The molecular weight excluding hydrogens is 242 g/mol. The van der Waals surface area contributed by atoms with Crippen molar-refractivity contribution >= 4 is 15.9 Å². The number of nitrogens with two attached hydrogens (primary N) is 1. The number of ether oxygens (including phenoxy) is 1. The van der Waals surface area contributed by atoms with Crippen LogP contribution in [0, 0.1) is 0 Å². The van der Waals surface area contributed by atoms with Crippen molar-refractivity contribution in [1.29, 1.82) is 0 Å². The number of hydrogen-bond acceptors (Lipinski definition) is 2. The van der Waals surface area contributed by atoms with Gasteiger partial charge in [-0.05, 0) is 24.6 Å². The summed E-state index contributed by atoms with van der Waals surface area (Å²) in [6.07, 6.45) is 0. The van der Waals surface area contributed by atoms with Gasteiger partial charge in [-0.25, -0.2) is 0 Å². The Labute approximate surface area is 93.6 Å². The Morgan fingerprint density at radius 2 is 2.00 bits per heavy atom. The molecule has 2 nitrogen and oxygen atoms in total. The molecule has 1 unspecified atom stereocenters. The number of benzene rings is 1. The van der Waals surface area contributed by atoms with Crippen LogP contribution in [0.1, 0.15) is 18.4 Å². The molecule has 78 valence electrons. The van der Waals surface area contributed by atoms with Crippen LogP contribution in [0.5, 0.6) is 0 Å². The molecule has 1 atom stereocenters. The summed E-state index contributed by atoms with van der Waals surface area (Å²) in [5, 5.41) is 0. The monoisotopic (exact) mass is 257 g/mol. The van der Waals surface area contributed by atoms with Crippen molar-refractivity contribution in [2.75, 3.05) is 19.8 Å². The average molecular weight is 258 g/mol. The van der Waals surface area contributed by atoms with Gasteiger partial charge in [0.2, 0.25) is 0 Å². The van der Waals surface area contributed by atoms with E-state index in [2.05, 4.69) is 28.1 Å². The minimum Gasteiger partial charge on any atom is -0.381 e. The molecule has 0 spiro atoms. The Kier molecular flexibility index (Phi) is 5.15. The number of halogens is 1. The normalized spacial score (nSPS) is 12.8. The summed E-state index contributed by atoms with van der Waals surface area (Å²) >= 11 is 3.41. The third kappa shape index (κ3) is 3.40. The summed E-state index contributed by atoms with van der Waals surface area (Å²) in [5.74, 6) is 0.308. The predicted molar refractivity (Wildman–Crippen MR) is 62.4 cm³/mol. The van der Waals surface area contributed by atoms with Gasteiger partial charge < -0.3 is 10.5 Å². The number of hydrogen-bond donors (Lipinski definition) is 1. The molecule has 0 bridgehead atoms. The van der Waals surface area contributed by atoms with Crippen LogP contribution in [0.15, 0.2) is 28.7 Å². The lowest BCUT2D eigenvalue weighted by molar-refractivity contribution is 0.134. The molecule has 0 saturated heterocycles. The second-order valence-electron chi connectivity index (χ2n) is 3.14. The SMILES string of the molecule is CCOCC(CN)c1ccc(Br)cc1. The van der Waals surface area contributed by atoms with Crippen molar-refractivity contribution in [3.63, 3.8) is 0 Å². The largest absolute Gasteiger partial charge is 0.381 e. The zero-order valence-electron chi connectivity index (χ0n) is 8.37. The minimum absolute atomic E-state index is 0.308. The predicted octanol–water partition coefficient (Wildman–Crippen LogP) is 2.53. The maximum absolute atomic E-state index is 5.69. The van der Waals surface area contributed by atoms with Crippen LogP contribution in [0.25, 0.3) is 0 Å². The summed E-state index contributed by atoms with van der Waals surface area (Å²) in [7, 11) is 0. The lowest BCUT2D eigenvalue weighted by atomic mass is 10.0. The second kappa shape index (κ2) is 6.17. The topological polar surface area (TPSA) is 35.2 Å².